The highest BCUT2D eigenvalue weighted by Gasteiger charge is 2.19. The lowest BCUT2D eigenvalue weighted by Gasteiger charge is -2.17. The topological polar surface area (TPSA) is 86.7 Å². The van der Waals surface area contributed by atoms with Crippen LogP contribution >= 0.6 is 11.6 Å². The first-order chi connectivity index (χ1) is 6.56. The largest absolute Gasteiger partial charge is 0.399 e. The smallest absolute Gasteiger partial charge is 0.109 e. The molecule has 0 aliphatic rings. The molecule has 4 nitrogen and oxygen atoms in total. The Morgan fingerprint density at radius 3 is 2.57 bits per heavy atom. The van der Waals surface area contributed by atoms with E-state index in [0.717, 1.165) is 0 Å². The van der Waals surface area contributed by atoms with E-state index in [1.807, 2.05) is 0 Å². The normalized spacial score (nSPS) is 15.1. The van der Waals surface area contributed by atoms with E-state index < -0.39 is 18.8 Å². The third-order valence-electron chi connectivity index (χ3n) is 1.89. The number of hydrogen-bond acceptors (Lipinski definition) is 4. The average molecular weight is 218 g/mol. The Morgan fingerprint density at radius 2 is 2.00 bits per heavy atom. The Balaban J connectivity index is 2.99. The van der Waals surface area contributed by atoms with Crippen molar-refractivity contribution in [2.45, 2.75) is 12.2 Å². The summed E-state index contributed by atoms with van der Waals surface area (Å²) in [4.78, 5) is 0. The summed E-state index contributed by atoms with van der Waals surface area (Å²) in [7, 11) is 0. The molecule has 1 aromatic rings. The number of nitrogens with two attached hydrogens (primary N) is 1. The van der Waals surface area contributed by atoms with Crippen molar-refractivity contribution in [1.29, 1.82) is 0 Å². The van der Waals surface area contributed by atoms with Gasteiger partial charge >= 0.3 is 0 Å². The van der Waals surface area contributed by atoms with Crippen LogP contribution in [0.1, 0.15) is 11.7 Å². The van der Waals surface area contributed by atoms with Crippen molar-refractivity contribution < 1.29 is 15.3 Å². The maximum atomic E-state index is 9.54. The Labute approximate surface area is 86.6 Å². The Bertz CT molecular complexity index is 319. The molecule has 0 radical (unpaired) electrons. The molecule has 0 bridgehead atoms. The first-order valence-corrected chi connectivity index (χ1v) is 4.46. The molecule has 5 heteroatoms. The van der Waals surface area contributed by atoms with E-state index in [9.17, 15) is 10.2 Å². The zero-order chi connectivity index (χ0) is 10.7. The van der Waals surface area contributed by atoms with Crippen molar-refractivity contribution in [2.75, 3.05) is 12.3 Å². The quantitative estimate of drug-likeness (QED) is 0.549. The van der Waals surface area contributed by atoms with Crippen LogP contribution in [0.15, 0.2) is 18.2 Å². The molecule has 0 saturated carbocycles. The van der Waals surface area contributed by atoms with Gasteiger partial charge in [0.2, 0.25) is 0 Å². The van der Waals surface area contributed by atoms with Crippen LogP contribution in [-0.4, -0.2) is 28.0 Å². The van der Waals surface area contributed by atoms with Gasteiger partial charge in [-0.25, -0.2) is 0 Å². The van der Waals surface area contributed by atoms with Crippen LogP contribution in [0.4, 0.5) is 5.69 Å². The SMILES string of the molecule is Nc1ccc(Cl)c(C(O)C(O)CO)c1. The molecule has 0 fully saturated rings. The molecule has 0 heterocycles. The number of rotatable bonds is 3. The Kier molecular flexibility index (Phi) is 3.71. The highest BCUT2D eigenvalue weighted by Crippen LogP contribution is 2.27. The molecule has 0 aromatic heterocycles. The second kappa shape index (κ2) is 4.61. The molecule has 0 spiro atoms. The summed E-state index contributed by atoms with van der Waals surface area (Å²) in [5.74, 6) is 0. The fourth-order valence-corrected chi connectivity index (χ4v) is 1.33. The number of aliphatic hydroxyl groups is 3. The summed E-state index contributed by atoms with van der Waals surface area (Å²) in [6, 6.07) is 4.58. The Morgan fingerprint density at radius 1 is 1.36 bits per heavy atom. The first kappa shape index (κ1) is 11.3. The minimum Gasteiger partial charge on any atom is -0.399 e. The van der Waals surface area contributed by atoms with Crippen LogP contribution in [0, 0.1) is 0 Å². The fourth-order valence-electron chi connectivity index (χ4n) is 1.10. The van der Waals surface area contributed by atoms with E-state index in [4.69, 9.17) is 22.4 Å². The maximum absolute atomic E-state index is 9.54. The molecular formula is C9H12ClNO3. The molecule has 0 aliphatic heterocycles. The molecule has 2 unspecified atom stereocenters. The highest BCUT2D eigenvalue weighted by molar-refractivity contribution is 6.31. The van der Waals surface area contributed by atoms with Crippen molar-refractivity contribution in [3.63, 3.8) is 0 Å². The van der Waals surface area contributed by atoms with Crippen molar-refractivity contribution >= 4 is 17.3 Å². The van der Waals surface area contributed by atoms with E-state index in [1.165, 1.54) is 12.1 Å². The summed E-state index contributed by atoms with van der Waals surface area (Å²) >= 11 is 5.78. The van der Waals surface area contributed by atoms with Gasteiger partial charge in [0.25, 0.3) is 0 Å². The minimum atomic E-state index is -1.26. The molecule has 14 heavy (non-hydrogen) atoms. The van der Waals surface area contributed by atoms with E-state index >= 15 is 0 Å². The number of anilines is 1. The zero-order valence-corrected chi connectivity index (χ0v) is 8.15. The van der Waals surface area contributed by atoms with E-state index in [1.54, 1.807) is 6.07 Å². The summed E-state index contributed by atoms with van der Waals surface area (Å²) in [6.07, 6.45) is -2.48. The number of halogens is 1. The molecular weight excluding hydrogens is 206 g/mol. The predicted octanol–water partition coefficient (Wildman–Crippen LogP) is 0.309. The monoisotopic (exact) mass is 217 g/mol. The second-order valence-corrected chi connectivity index (χ2v) is 3.38. The van der Waals surface area contributed by atoms with Crippen LogP contribution in [0.3, 0.4) is 0 Å². The highest BCUT2D eigenvalue weighted by atomic mass is 35.5. The van der Waals surface area contributed by atoms with Crippen LogP contribution in [0.5, 0.6) is 0 Å². The maximum Gasteiger partial charge on any atom is 0.109 e. The third-order valence-corrected chi connectivity index (χ3v) is 2.23. The molecule has 0 amide bonds. The van der Waals surface area contributed by atoms with Crippen LogP contribution in [-0.2, 0) is 0 Å². The van der Waals surface area contributed by atoms with E-state index in [0.29, 0.717) is 16.3 Å². The Hall–Kier alpha value is -0.810. The number of hydrogen-bond donors (Lipinski definition) is 4. The van der Waals surface area contributed by atoms with Gasteiger partial charge in [0.15, 0.2) is 0 Å². The molecule has 1 rings (SSSR count). The number of benzene rings is 1. The van der Waals surface area contributed by atoms with Crippen molar-refractivity contribution in [2.24, 2.45) is 0 Å². The van der Waals surface area contributed by atoms with E-state index in [2.05, 4.69) is 0 Å². The first-order valence-electron chi connectivity index (χ1n) is 4.08. The van der Waals surface area contributed by atoms with Gasteiger partial charge in [0.1, 0.15) is 12.2 Å². The molecule has 0 saturated heterocycles. The van der Waals surface area contributed by atoms with Crippen LogP contribution in [0.2, 0.25) is 5.02 Å². The molecule has 2 atom stereocenters. The minimum absolute atomic E-state index is 0.305. The molecule has 1 aromatic carbocycles. The molecule has 78 valence electrons. The average Bonchev–Trinajstić information content (AvgIpc) is 2.19. The van der Waals surface area contributed by atoms with Gasteiger partial charge in [-0.1, -0.05) is 11.6 Å². The predicted molar refractivity (Wildman–Crippen MR) is 53.9 cm³/mol. The number of aliphatic hydroxyl groups excluding tert-OH is 3. The molecule has 0 aliphatic carbocycles. The van der Waals surface area contributed by atoms with Gasteiger partial charge in [-0.2, -0.15) is 0 Å². The molecule has 5 N–H and O–H groups in total. The van der Waals surface area contributed by atoms with Crippen molar-refractivity contribution in [3.05, 3.63) is 28.8 Å². The fraction of sp³-hybridized carbons (Fsp3) is 0.333. The van der Waals surface area contributed by atoms with Crippen LogP contribution in [0.25, 0.3) is 0 Å². The van der Waals surface area contributed by atoms with Gasteiger partial charge in [-0.05, 0) is 18.2 Å². The summed E-state index contributed by atoms with van der Waals surface area (Å²) in [5, 5.41) is 27.7. The van der Waals surface area contributed by atoms with Crippen molar-refractivity contribution in [3.8, 4) is 0 Å². The summed E-state index contributed by atoms with van der Waals surface area (Å²) in [6.45, 7) is -0.535. The second-order valence-electron chi connectivity index (χ2n) is 2.98. The lowest BCUT2D eigenvalue weighted by Crippen LogP contribution is -2.22. The zero-order valence-electron chi connectivity index (χ0n) is 7.39. The van der Waals surface area contributed by atoms with Crippen molar-refractivity contribution in [1.82, 2.24) is 0 Å². The summed E-state index contributed by atoms with van der Waals surface area (Å²) < 4.78 is 0. The van der Waals surface area contributed by atoms with Gasteiger partial charge in [-0.15, -0.1) is 0 Å². The van der Waals surface area contributed by atoms with Gasteiger partial charge < -0.3 is 21.1 Å². The van der Waals surface area contributed by atoms with Gasteiger partial charge in [0.05, 0.1) is 6.61 Å². The van der Waals surface area contributed by atoms with Crippen LogP contribution < -0.4 is 5.73 Å². The lowest BCUT2D eigenvalue weighted by molar-refractivity contribution is -0.0151. The van der Waals surface area contributed by atoms with Gasteiger partial charge in [0, 0.05) is 16.3 Å². The number of nitrogen functional groups attached to an aromatic ring is 1. The summed E-state index contributed by atoms with van der Waals surface area (Å²) in [5.41, 5.74) is 6.24. The van der Waals surface area contributed by atoms with Gasteiger partial charge in [-0.3, -0.25) is 0 Å². The lowest BCUT2D eigenvalue weighted by atomic mass is 10.0. The third kappa shape index (κ3) is 2.36. The standard InChI is InChI=1S/C9H12ClNO3/c10-7-2-1-5(11)3-6(7)9(14)8(13)4-12/h1-3,8-9,12-14H,4,11H2. The van der Waals surface area contributed by atoms with E-state index in [-0.39, 0.29) is 0 Å².